The third-order valence-electron chi connectivity index (χ3n) is 4.88. The van der Waals surface area contributed by atoms with Gasteiger partial charge in [0.15, 0.2) is 0 Å². The smallest absolute Gasteiger partial charge is 0.132 e. The van der Waals surface area contributed by atoms with E-state index in [1.54, 1.807) is 0 Å². The molecule has 0 amide bonds. The number of benzene rings is 2. The van der Waals surface area contributed by atoms with Crippen LogP contribution in [0.2, 0.25) is 0 Å². The molecule has 0 aliphatic rings. The van der Waals surface area contributed by atoms with Gasteiger partial charge in [0.1, 0.15) is 5.71 Å². The first-order chi connectivity index (χ1) is 14.1. The minimum atomic E-state index is 0. The van der Waals surface area contributed by atoms with Crippen LogP contribution in [0, 0.1) is 11.8 Å². The van der Waals surface area contributed by atoms with Crippen LogP contribution in [0.25, 0.3) is 0 Å². The number of hydrogen-bond acceptors (Lipinski definition) is 2. The second kappa shape index (κ2) is 14.1. The Bertz CT molecular complexity index is 885. The van der Waals surface area contributed by atoms with Gasteiger partial charge in [0.05, 0.1) is 17.6 Å². The van der Waals surface area contributed by atoms with E-state index < -0.39 is 0 Å². The van der Waals surface area contributed by atoms with Crippen LogP contribution in [0.15, 0.2) is 46.4 Å². The third kappa shape index (κ3) is 8.40. The number of aliphatic imine (C=N–C) groups is 2. The Kier molecular flexibility index (Phi) is 12.2. The maximum absolute atomic E-state index is 4.84. The number of hydrogen-bond donors (Lipinski definition) is 0. The average Bonchev–Trinajstić information content (AvgIpc) is 2.76. The molecule has 3 heteroatoms. The molecule has 2 nitrogen and oxygen atoms in total. The molecule has 0 fully saturated rings. The summed E-state index contributed by atoms with van der Waals surface area (Å²) in [5.74, 6) is 6.44. The molecule has 0 N–H and O–H groups in total. The molecule has 0 atom stereocenters. The van der Waals surface area contributed by atoms with Gasteiger partial charge in [0, 0.05) is 26.8 Å². The third-order valence-corrected chi connectivity index (χ3v) is 4.88. The van der Waals surface area contributed by atoms with Crippen molar-refractivity contribution in [3.05, 3.63) is 58.7 Å². The molecule has 2 aromatic rings. The molecule has 0 spiro atoms. The van der Waals surface area contributed by atoms with Crippen LogP contribution in [-0.2, 0) is 46.1 Å². The predicted octanol–water partition coefficient (Wildman–Crippen LogP) is 7.21. The van der Waals surface area contributed by atoms with Crippen molar-refractivity contribution < 1.29 is 20.4 Å². The van der Waals surface area contributed by atoms with E-state index in [-0.39, 0.29) is 20.4 Å². The second-order valence-corrected chi connectivity index (χ2v) is 7.24. The van der Waals surface area contributed by atoms with Gasteiger partial charge in [0.25, 0.3) is 0 Å². The number of unbranched alkanes of at least 4 members (excludes halogenated alkanes) is 1. The topological polar surface area (TPSA) is 24.7 Å². The summed E-state index contributed by atoms with van der Waals surface area (Å²) in [4.78, 5) is 9.57. The van der Waals surface area contributed by atoms with Crippen LogP contribution in [0.5, 0.6) is 0 Å². The largest absolute Gasteiger partial charge is 0.254 e. The van der Waals surface area contributed by atoms with Gasteiger partial charge in [-0.05, 0) is 84.5 Å². The zero-order chi connectivity index (χ0) is 21.1. The summed E-state index contributed by atoms with van der Waals surface area (Å²) in [6, 6.07) is 13.1. The number of rotatable bonds is 8. The van der Waals surface area contributed by atoms with Crippen LogP contribution in [-0.4, -0.2) is 11.9 Å². The summed E-state index contributed by atoms with van der Waals surface area (Å²) in [6.07, 6.45) is 7.76. The molecule has 0 aliphatic carbocycles. The Labute approximate surface area is 197 Å². The van der Waals surface area contributed by atoms with Crippen LogP contribution in [0.1, 0.15) is 69.7 Å². The quantitative estimate of drug-likeness (QED) is 0.211. The minimum absolute atomic E-state index is 0. The molecule has 2 rings (SSSR count). The van der Waals surface area contributed by atoms with E-state index in [1.165, 1.54) is 22.3 Å². The monoisotopic (exact) mass is 492 g/mol. The minimum Gasteiger partial charge on any atom is -0.254 e. The zero-order valence-corrected chi connectivity index (χ0v) is 20.5. The van der Waals surface area contributed by atoms with E-state index in [0.29, 0.717) is 5.71 Å². The molecule has 0 aliphatic heterocycles. The molecule has 162 valence electrons. The SMILES string of the molecule is CCCC#CC(C=Nc1cc(CC)cc(CC)c1)=Nc1cc(CC)cc(CC)c1.[Pd]. The first kappa shape index (κ1) is 26.0. The van der Waals surface area contributed by atoms with E-state index in [4.69, 9.17) is 9.98 Å². The van der Waals surface area contributed by atoms with Gasteiger partial charge in [-0.2, -0.15) is 0 Å². The van der Waals surface area contributed by atoms with Gasteiger partial charge in [-0.3, -0.25) is 4.99 Å². The number of aryl methyl sites for hydroxylation is 4. The molecular formula is C27H34N2Pd. The van der Waals surface area contributed by atoms with E-state index >= 15 is 0 Å². The van der Waals surface area contributed by atoms with Crippen molar-refractivity contribution >= 4 is 23.3 Å². The van der Waals surface area contributed by atoms with Crippen LogP contribution in [0.3, 0.4) is 0 Å². The fourth-order valence-corrected chi connectivity index (χ4v) is 3.08. The van der Waals surface area contributed by atoms with Gasteiger partial charge in [0.2, 0.25) is 0 Å². The van der Waals surface area contributed by atoms with Crippen molar-refractivity contribution in [1.82, 2.24) is 0 Å². The van der Waals surface area contributed by atoms with E-state index in [9.17, 15) is 0 Å². The van der Waals surface area contributed by atoms with Crippen molar-refractivity contribution in [2.75, 3.05) is 0 Å². The Morgan fingerprint density at radius 2 is 1.20 bits per heavy atom. The van der Waals surface area contributed by atoms with E-state index in [0.717, 1.165) is 49.9 Å². The van der Waals surface area contributed by atoms with Crippen molar-refractivity contribution in [1.29, 1.82) is 0 Å². The van der Waals surface area contributed by atoms with Gasteiger partial charge in [-0.1, -0.05) is 52.7 Å². The number of nitrogens with zero attached hydrogens (tertiary/aromatic N) is 2. The van der Waals surface area contributed by atoms with E-state index in [1.807, 2.05) is 6.21 Å². The molecule has 2 aromatic carbocycles. The standard InChI is InChI=1S/C27H34N2.Pd/c1-6-11-12-13-25(29-27-18-23(9-4)15-24(10-5)19-27)20-28-26-16-21(7-2)14-22(8-3)17-26;/h14-20H,6-11H2,1-5H3;. The van der Waals surface area contributed by atoms with Crippen molar-refractivity contribution in [2.45, 2.75) is 73.1 Å². The summed E-state index contributed by atoms with van der Waals surface area (Å²) in [6.45, 7) is 10.9. The first-order valence-electron chi connectivity index (χ1n) is 11.0. The molecule has 0 saturated carbocycles. The molecule has 0 unspecified atom stereocenters. The maximum atomic E-state index is 4.84. The summed E-state index contributed by atoms with van der Waals surface area (Å²) < 4.78 is 0. The van der Waals surface area contributed by atoms with Crippen LogP contribution >= 0.6 is 0 Å². The molecule has 0 radical (unpaired) electrons. The van der Waals surface area contributed by atoms with E-state index in [2.05, 4.69) is 82.9 Å². The Morgan fingerprint density at radius 3 is 1.63 bits per heavy atom. The maximum Gasteiger partial charge on any atom is 0.132 e. The Hall–Kier alpha value is -2.00. The molecule has 0 aromatic heterocycles. The predicted molar refractivity (Wildman–Crippen MR) is 128 cm³/mol. The molecular weight excluding hydrogens is 459 g/mol. The molecule has 0 heterocycles. The summed E-state index contributed by atoms with van der Waals surface area (Å²) in [7, 11) is 0. The van der Waals surface area contributed by atoms with Crippen molar-refractivity contribution in [3.8, 4) is 11.8 Å². The Morgan fingerprint density at radius 1 is 0.733 bits per heavy atom. The van der Waals surface area contributed by atoms with Gasteiger partial charge < -0.3 is 0 Å². The van der Waals surface area contributed by atoms with Crippen molar-refractivity contribution in [3.63, 3.8) is 0 Å². The van der Waals surface area contributed by atoms with Crippen LogP contribution in [0.4, 0.5) is 11.4 Å². The molecule has 0 bridgehead atoms. The molecule has 0 saturated heterocycles. The fraction of sp³-hybridized carbons (Fsp3) is 0.407. The zero-order valence-electron chi connectivity index (χ0n) is 19.0. The normalized spacial score (nSPS) is 11.2. The van der Waals surface area contributed by atoms with Crippen LogP contribution < -0.4 is 0 Å². The molecule has 30 heavy (non-hydrogen) atoms. The summed E-state index contributed by atoms with van der Waals surface area (Å²) >= 11 is 0. The summed E-state index contributed by atoms with van der Waals surface area (Å²) in [5.41, 5.74) is 7.90. The van der Waals surface area contributed by atoms with Gasteiger partial charge in [-0.25, -0.2) is 4.99 Å². The van der Waals surface area contributed by atoms with Crippen molar-refractivity contribution in [2.24, 2.45) is 9.98 Å². The second-order valence-electron chi connectivity index (χ2n) is 7.24. The summed E-state index contributed by atoms with van der Waals surface area (Å²) in [5, 5.41) is 0. The Balaban J connectivity index is 0.00000450. The van der Waals surface area contributed by atoms with Gasteiger partial charge >= 0.3 is 0 Å². The van der Waals surface area contributed by atoms with Gasteiger partial charge in [-0.15, -0.1) is 0 Å². The first-order valence-corrected chi connectivity index (χ1v) is 11.0. The fourth-order valence-electron chi connectivity index (χ4n) is 3.08. The average molecular weight is 493 g/mol.